The van der Waals surface area contributed by atoms with E-state index in [4.69, 9.17) is 0 Å². The van der Waals surface area contributed by atoms with Gasteiger partial charge in [-0.3, -0.25) is 0 Å². The number of nitrogens with zero attached hydrogens (tertiary/aromatic N) is 2. The van der Waals surface area contributed by atoms with Crippen LogP contribution in [0.15, 0.2) is 0 Å². The molecular formula is C13H28N4. The topological polar surface area (TPSA) is 30.5 Å². The molecule has 0 aliphatic carbocycles. The summed E-state index contributed by atoms with van der Waals surface area (Å²) in [6.07, 6.45) is 2.67. The highest BCUT2D eigenvalue weighted by atomic mass is 15.2. The van der Waals surface area contributed by atoms with Gasteiger partial charge < -0.3 is 20.4 Å². The number of nitrogens with one attached hydrogen (secondary N) is 2. The molecule has 17 heavy (non-hydrogen) atoms. The lowest BCUT2D eigenvalue weighted by Crippen LogP contribution is -2.46. The summed E-state index contributed by atoms with van der Waals surface area (Å²) in [6.45, 7) is 8.58. The lowest BCUT2D eigenvalue weighted by molar-refractivity contribution is 0.216. The highest BCUT2D eigenvalue weighted by molar-refractivity contribution is 4.84. The zero-order valence-corrected chi connectivity index (χ0v) is 11.4. The van der Waals surface area contributed by atoms with Gasteiger partial charge in [-0.25, -0.2) is 0 Å². The Morgan fingerprint density at radius 3 is 2.65 bits per heavy atom. The molecule has 0 spiro atoms. The highest BCUT2D eigenvalue weighted by Gasteiger charge is 2.26. The number of rotatable bonds is 5. The maximum absolute atomic E-state index is 3.54. The number of piperazine rings is 1. The van der Waals surface area contributed by atoms with E-state index in [9.17, 15) is 0 Å². The second-order valence-electron chi connectivity index (χ2n) is 5.59. The van der Waals surface area contributed by atoms with E-state index in [1.807, 2.05) is 0 Å². The van der Waals surface area contributed by atoms with Crippen LogP contribution in [0, 0.1) is 5.92 Å². The Morgan fingerprint density at radius 2 is 2.06 bits per heavy atom. The monoisotopic (exact) mass is 240 g/mol. The summed E-state index contributed by atoms with van der Waals surface area (Å²) in [7, 11) is 4.36. The Hall–Kier alpha value is -0.160. The van der Waals surface area contributed by atoms with Gasteiger partial charge in [0.05, 0.1) is 0 Å². The van der Waals surface area contributed by atoms with Gasteiger partial charge in [0, 0.05) is 38.8 Å². The fourth-order valence-electron chi connectivity index (χ4n) is 3.17. The van der Waals surface area contributed by atoms with Crippen LogP contribution in [0.5, 0.6) is 0 Å². The maximum atomic E-state index is 3.54. The molecule has 2 saturated heterocycles. The smallest absolute Gasteiger partial charge is 0.0117 e. The fraction of sp³-hybridized carbons (Fsp3) is 1.00. The highest BCUT2D eigenvalue weighted by Crippen LogP contribution is 2.20. The molecule has 2 rings (SSSR count). The van der Waals surface area contributed by atoms with Gasteiger partial charge in [0.15, 0.2) is 0 Å². The molecule has 0 bridgehead atoms. The van der Waals surface area contributed by atoms with Crippen molar-refractivity contribution in [1.82, 2.24) is 20.4 Å². The molecule has 4 heteroatoms. The largest absolute Gasteiger partial charge is 0.317 e. The molecule has 0 aromatic rings. The first-order valence-corrected chi connectivity index (χ1v) is 7.08. The van der Waals surface area contributed by atoms with Crippen molar-refractivity contribution in [2.24, 2.45) is 5.92 Å². The predicted molar refractivity (Wildman–Crippen MR) is 72.4 cm³/mol. The Balaban J connectivity index is 1.71. The second kappa shape index (κ2) is 6.69. The first-order valence-electron chi connectivity index (χ1n) is 7.08. The van der Waals surface area contributed by atoms with Crippen molar-refractivity contribution in [3.05, 3.63) is 0 Å². The lowest BCUT2D eigenvalue weighted by atomic mass is 9.96. The summed E-state index contributed by atoms with van der Waals surface area (Å²) in [5.41, 5.74) is 0. The van der Waals surface area contributed by atoms with Gasteiger partial charge >= 0.3 is 0 Å². The molecule has 0 aromatic heterocycles. The zero-order chi connectivity index (χ0) is 12.1. The third kappa shape index (κ3) is 3.91. The summed E-state index contributed by atoms with van der Waals surface area (Å²) in [5, 5.41) is 6.95. The van der Waals surface area contributed by atoms with E-state index < -0.39 is 0 Å². The third-order valence-corrected chi connectivity index (χ3v) is 4.33. The van der Waals surface area contributed by atoms with Gasteiger partial charge in [-0.2, -0.15) is 0 Å². The van der Waals surface area contributed by atoms with E-state index in [2.05, 4.69) is 34.5 Å². The minimum atomic E-state index is 0.704. The van der Waals surface area contributed by atoms with Gasteiger partial charge in [-0.15, -0.1) is 0 Å². The van der Waals surface area contributed by atoms with Crippen LogP contribution in [0.4, 0.5) is 0 Å². The summed E-state index contributed by atoms with van der Waals surface area (Å²) < 4.78 is 0. The van der Waals surface area contributed by atoms with Gasteiger partial charge in [0.2, 0.25) is 0 Å². The molecule has 2 aliphatic heterocycles. The van der Waals surface area contributed by atoms with E-state index in [0.717, 1.165) is 19.0 Å². The summed E-state index contributed by atoms with van der Waals surface area (Å²) in [6, 6.07) is 0.704. The van der Waals surface area contributed by atoms with Crippen LogP contribution in [0.1, 0.15) is 12.8 Å². The maximum Gasteiger partial charge on any atom is 0.0117 e. The lowest BCUT2D eigenvalue weighted by Gasteiger charge is -2.30. The van der Waals surface area contributed by atoms with Crippen LogP contribution in [-0.4, -0.2) is 75.8 Å². The molecule has 100 valence electrons. The molecule has 0 aromatic carbocycles. The Labute approximate surface area is 106 Å². The standard InChI is InChI=1S/C13H28N4/c1-14-13(12-3-7-16(2)11-12)4-8-17-9-5-15-6-10-17/h12-15H,3-11H2,1-2H3. The first kappa shape index (κ1) is 13.3. The molecular weight excluding hydrogens is 212 g/mol. The number of likely N-dealkylation sites (tertiary alicyclic amines) is 1. The minimum Gasteiger partial charge on any atom is -0.317 e. The van der Waals surface area contributed by atoms with E-state index in [1.165, 1.54) is 45.6 Å². The average Bonchev–Trinajstić information content (AvgIpc) is 2.78. The van der Waals surface area contributed by atoms with Crippen LogP contribution in [-0.2, 0) is 0 Å². The molecule has 2 aliphatic rings. The van der Waals surface area contributed by atoms with Crippen molar-refractivity contribution < 1.29 is 0 Å². The van der Waals surface area contributed by atoms with Gasteiger partial charge in [0.25, 0.3) is 0 Å². The van der Waals surface area contributed by atoms with Crippen molar-refractivity contribution in [1.29, 1.82) is 0 Å². The van der Waals surface area contributed by atoms with Crippen molar-refractivity contribution in [2.45, 2.75) is 18.9 Å². The molecule has 2 N–H and O–H groups in total. The SMILES string of the molecule is CNC(CCN1CCNCC1)C1CCN(C)C1. The molecule has 0 saturated carbocycles. The number of hydrogen-bond donors (Lipinski definition) is 2. The van der Waals surface area contributed by atoms with E-state index >= 15 is 0 Å². The van der Waals surface area contributed by atoms with Gasteiger partial charge in [0.1, 0.15) is 0 Å². The van der Waals surface area contributed by atoms with Crippen molar-refractivity contribution >= 4 is 0 Å². The van der Waals surface area contributed by atoms with Crippen molar-refractivity contribution in [2.75, 3.05) is 59.9 Å². The Bertz CT molecular complexity index is 215. The third-order valence-electron chi connectivity index (χ3n) is 4.33. The molecule has 0 amide bonds. The second-order valence-corrected chi connectivity index (χ2v) is 5.59. The average molecular weight is 240 g/mol. The van der Waals surface area contributed by atoms with Crippen LogP contribution in [0.25, 0.3) is 0 Å². The molecule has 2 heterocycles. The molecule has 2 fully saturated rings. The van der Waals surface area contributed by atoms with Gasteiger partial charge in [-0.05, 0) is 45.9 Å². The summed E-state index contributed by atoms with van der Waals surface area (Å²) in [4.78, 5) is 5.05. The Kier molecular flexibility index (Phi) is 5.22. The van der Waals surface area contributed by atoms with Crippen LogP contribution < -0.4 is 10.6 Å². The first-order chi connectivity index (χ1) is 8.29. The van der Waals surface area contributed by atoms with Crippen LogP contribution in [0.2, 0.25) is 0 Å². The van der Waals surface area contributed by atoms with Crippen molar-refractivity contribution in [3.8, 4) is 0 Å². The fourth-order valence-corrected chi connectivity index (χ4v) is 3.17. The quantitative estimate of drug-likeness (QED) is 0.698. The zero-order valence-electron chi connectivity index (χ0n) is 11.4. The van der Waals surface area contributed by atoms with Crippen molar-refractivity contribution in [3.63, 3.8) is 0 Å². The van der Waals surface area contributed by atoms with Crippen LogP contribution in [0.3, 0.4) is 0 Å². The summed E-state index contributed by atoms with van der Waals surface area (Å²) >= 11 is 0. The van der Waals surface area contributed by atoms with E-state index in [0.29, 0.717) is 6.04 Å². The minimum absolute atomic E-state index is 0.704. The summed E-state index contributed by atoms with van der Waals surface area (Å²) in [5.74, 6) is 0.855. The molecule has 0 radical (unpaired) electrons. The molecule has 2 unspecified atom stereocenters. The predicted octanol–water partition coefficient (Wildman–Crippen LogP) is -0.179. The molecule has 2 atom stereocenters. The normalized spacial score (nSPS) is 29.6. The molecule has 4 nitrogen and oxygen atoms in total. The van der Waals surface area contributed by atoms with Crippen LogP contribution >= 0.6 is 0 Å². The van der Waals surface area contributed by atoms with E-state index in [1.54, 1.807) is 0 Å². The van der Waals surface area contributed by atoms with Gasteiger partial charge in [-0.1, -0.05) is 0 Å². The Morgan fingerprint density at radius 1 is 1.29 bits per heavy atom. The van der Waals surface area contributed by atoms with E-state index in [-0.39, 0.29) is 0 Å². The number of hydrogen-bond acceptors (Lipinski definition) is 4.